The molecular weight excluding hydrogens is 314 g/mol. The van der Waals surface area contributed by atoms with Crippen LogP contribution in [0.5, 0.6) is 11.5 Å². The Balaban J connectivity index is 2.18. The van der Waals surface area contributed by atoms with Crippen LogP contribution in [0.1, 0.15) is 71.4 Å². The van der Waals surface area contributed by atoms with Crippen molar-refractivity contribution < 1.29 is 14.3 Å². The Morgan fingerprint density at radius 3 is 2.32 bits per heavy atom. The first-order valence-corrected chi connectivity index (χ1v) is 9.76. The third-order valence-electron chi connectivity index (χ3n) is 4.87. The Morgan fingerprint density at radius 2 is 1.72 bits per heavy atom. The summed E-state index contributed by atoms with van der Waals surface area (Å²) in [7, 11) is 0. The molecule has 2 rings (SSSR count). The van der Waals surface area contributed by atoms with E-state index in [9.17, 15) is 4.79 Å². The molecule has 0 aromatic heterocycles. The number of benzene rings is 1. The lowest BCUT2D eigenvalue weighted by Gasteiger charge is -2.28. The van der Waals surface area contributed by atoms with Crippen molar-refractivity contribution in [1.82, 2.24) is 5.32 Å². The van der Waals surface area contributed by atoms with E-state index in [-0.39, 0.29) is 17.9 Å². The van der Waals surface area contributed by atoms with Crippen LogP contribution in [0.2, 0.25) is 0 Å². The van der Waals surface area contributed by atoms with Crippen LogP contribution in [0, 0.1) is 11.8 Å². The van der Waals surface area contributed by atoms with E-state index in [2.05, 4.69) is 19.2 Å². The fraction of sp³-hybridized carbons (Fsp3) is 0.667. The molecule has 1 amide bonds. The number of hydrogen-bond donors (Lipinski definition) is 1. The van der Waals surface area contributed by atoms with Gasteiger partial charge in [0, 0.05) is 5.92 Å². The van der Waals surface area contributed by atoms with Gasteiger partial charge >= 0.3 is 0 Å². The summed E-state index contributed by atoms with van der Waals surface area (Å²) < 4.78 is 11.4. The highest BCUT2D eigenvalue weighted by atomic mass is 16.5. The molecule has 1 aromatic carbocycles. The maximum atomic E-state index is 12.7. The number of carbonyl (C=O) groups excluding carboxylic acids is 1. The van der Waals surface area contributed by atoms with E-state index in [0.29, 0.717) is 19.1 Å². The highest BCUT2D eigenvalue weighted by Crippen LogP contribution is 2.33. The van der Waals surface area contributed by atoms with Crippen LogP contribution in [0.15, 0.2) is 18.2 Å². The van der Waals surface area contributed by atoms with Gasteiger partial charge in [-0.15, -0.1) is 0 Å². The lowest BCUT2D eigenvalue weighted by Crippen LogP contribution is -2.37. The monoisotopic (exact) mass is 347 g/mol. The second-order valence-electron chi connectivity index (χ2n) is 7.14. The number of rotatable bonds is 8. The Kier molecular flexibility index (Phi) is 7.60. The average Bonchev–Trinajstić information content (AvgIpc) is 2.62. The third-order valence-corrected chi connectivity index (χ3v) is 4.87. The van der Waals surface area contributed by atoms with Crippen molar-refractivity contribution in [2.45, 2.75) is 65.8 Å². The summed E-state index contributed by atoms with van der Waals surface area (Å²) in [6.45, 7) is 9.40. The van der Waals surface area contributed by atoms with Gasteiger partial charge in [-0.25, -0.2) is 0 Å². The normalized spacial score (nSPS) is 16.5. The summed E-state index contributed by atoms with van der Waals surface area (Å²) in [5.74, 6) is 2.18. The lowest BCUT2D eigenvalue weighted by atomic mass is 9.87. The predicted molar refractivity (Wildman–Crippen MR) is 101 cm³/mol. The van der Waals surface area contributed by atoms with Gasteiger partial charge in [0.15, 0.2) is 11.5 Å². The topological polar surface area (TPSA) is 47.6 Å². The van der Waals surface area contributed by atoms with Crippen LogP contribution in [0.25, 0.3) is 0 Å². The van der Waals surface area contributed by atoms with Gasteiger partial charge in [0.2, 0.25) is 5.91 Å². The molecule has 0 bridgehead atoms. The molecule has 25 heavy (non-hydrogen) atoms. The molecule has 0 spiro atoms. The van der Waals surface area contributed by atoms with E-state index >= 15 is 0 Å². The second kappa shape index (κ2) is 9.69. The first-order chi connectivity index (χ1) is 12.1. The first-order valence-electron chi connectivity index (χ1n) is 9.76. The fourth-order valence-corrected chi connectivity index (χ4v) is 3.53. The second-order valence-corrected chi connectivity index (χ2v) is 7.14. The van der Waals surface area contributed by atoms with Crippen LogP contribution >= 0.6 is 0 Å². The van der Waals surface area contributed by atoms with Crippen LogP contribution in [-0.2, 0) is 4.79 Å². The molecule has 4 nitrogen and oxygen atoms in total. The van der Waals surface area contributed by atoms with Gasteiger partial charge < -0.3 is 14.8 Å². The SMILES string of the molecule is CCOc1ccc(C(NC(=O)C2CCCCC2)C(C)C)cc1OCC. The number of amides is 1. The summed E-state index contributed by atoms with van der Waals surface area (Å²) in [5, 5.41) is 3.29. The van der Waals surface area contributed by atoms with Gasteiger partial charge in [-0.2, -0.15) is 0 Å². The standard InChI is InChI=1S/C21H33NO3/c1-5-24-18-13-12-17(14-19(18)25-6-2)20(15(3)4)22-21(23)16-10-8-7-9-11-16/h12-16,20H,5-11H2,1-4H3,(H,22,23). The summed E-state index contributed by atoms with van der Waals surface area (Å²) in [6, 6.07) is 6.00. The van der Waals surface area contributed by atoms with Crippen LogP contribution in [-0.4, -0.2) is 19.1 Å². The molecule has 1 fully saturated rings. The molecule has 0 aliphatic heterocycles. The predicted octanol–water partition coefficient (Wildman–Crippen LogP) is 4.88. The highest BCUT2D eigenvalue weighted by Gasteiger charge is 2.26. The Labute approximate surface area is 152 Å². The van der Waals surface area contributed by atoms with Gasteiger partial charge in [-0.3, -0.25) is 4.79 Å². The third kappa shape index (κ3) is 5.38. The van der Waals surface area contributed by atoms with Crippen LogP contribution < -0.4 is 14.8 Å². The Bertz CT molecular complexity index is 550. The van der Waals surface area contributed by atoms with Gasteiger partial charge in [-0.1, -0.05) is 39.2 Å². The van der Waals surface area contributed by atoms with Crippen molar-refractivity contribution in [1.29, 1.82) is 0 Å². The van der Waals surface area contributed by atoms with E-state index in [0.717, 1.165) is 29.9 Å². The van der Waals surface area contributed by atoms with Crippen molar-refractivity contribution in [2.75, 3.05) is 13.2 Å². The quantitative estimate of drug-likeness (QED) is 0.729. The molecule has 4 heteroatoms. The van der Waals surface area contributed by atoms with Crippen LogP contribution in [0.3, 0.4) is 0 Å². The largest absolute Gasteiger partial charge is 0.490 e. The molecule has 1 N–H and O–H groups in total. The van der Waals surface area contributed by atoms with Gasteiger partial charge in [0.05, 0.1) is 19.3 Å². The molecule has 0 heterocycles. The van der Waals surface area contributed by atoms with E-state index in [4.69, 9.17) is 9.47 Å². The van der Waals surface area contributed by atoms with Crippen molar-refractivity contribution in [3.63, 3.8) is 0 Å². The fourth-order valence-electron chi connectivity index (χ4n) is 3.53. The molecule has 0 radical (unpaired) electrons. The number of carbonyl (C=O) groups is 1. The maximum Gasteiger partial charge on any atom is 0.223 e. The van der Waals surface area contributed by atoms with E-state index in [1.807, 2.05) is 32.0 Å². The van der Waals surface area contributed by atoms with Gasteiger partial charge in [0.1, 0.15) is 0 Å². The summed E-state index contributed by atoms with van der Waals surface area (Å²) in [6.07, 6.45) is 5.63. The summed E-state index contributed by atoms with van der Waals surface area (Å²) in [5.41, 5.74) is 1.08. The van der Waals surface area contributed by atoms with Crippen LogP contribution in [0.4, 0.5) is 0 Å². The lowest BCUT2D eigenvalue weighted by molar-refractivity contribution is -0.127. The van der Waals surface area contributed by atoms with E-state index in [1.165, 1.54) is 19.3 Å². The molecule has 1 atom stereocenters. The van der Waals surface area contributed by atoms with Crippen molar-refractivity contribution in [3.8, 4) is 11.5 Å². The number of hydrogen-bond acceptors (Lipinski definition) is 3. The zero-order valence-electron chi connectivity index (χ0n) is 16.1. The first kappa shape index (κ1) is 19.6. The minimum Gasteiger partial charge on any atom is -0.490 e. The average molecular weight is 347 g/mol. The van der Waals surface area contributed by atoms with Gasteiger partial charge in [0.25, 0.3) is 0 Å². The Morgan fingerprint density at radius 1 is 1.08 bits per heavy atom. The molecule has 0 saturated heterocycles. The van der Waals surface area contributed by atoms with E-state index in [1.54, 1.807) is 0 Å². The van der Waals surface area contributed by atoms with Crippen molar-refractivity contribution in [2.24, 2.45) is 11.8 Å². The maximum absolute atomic E-state index is 12.7. The molecule has 1 aliphatic rings. The Hall–Kier alpha value is -1.71. The van der Waals surface area contributed by atoms with Crippen molar-refractivity contribution >= 4 is 5.91 Å². The molecule has 1 aliphatic carbocycles. The minimum absolute atomic E-state index is 0.00990. The summed E-state index contributed by atoms with van der Waals surface area (Å²) >= 11 is 0. The number of nitrogens with one attached hydrogen (secondary N) is 1. The van der Waals surface area contributed by atoms with E-state index < -0.39 is 0 Å². The highest BCUT2D eigenvalue weighted by molar-refractivity contribution is 5.79. The molecule has 140 valence electrons. The van der Waals surface area contributed by atoms with Crippen molar-refractivity contribution in [3.05, 3.63) is 23.8 Å². The number of ether oxygens (including phenoxy) is 2. The molecular formula is C21H33NO3. The summed E-state index contributed by atoms with van der Waals surface area (Å²) in [4.78, 5) is 12.7. The smallest absolute Gasteiger partial charge is 0.223 e. The zero-order chi connectivity index (χ0) is 18.2. The molecule has 1 unspecified atom stereocenters. The minimum atomic E-state index is -0.00990. The molecule has 1 saturated carbocycles. The van der Waals surface area contributed by atoms with Gasteiger partial charge in [-0.05, 0) is 50.3 Å². The molecule has 1 aromatic rings. The zero-order valence-corrected chi connectivity index (χ0v) is 16.1.